The molecule has 6 nitrogen and oxygen atoms in total. The van der Waals surface area contributed by atoms with Crippen molar-refractivity contribution in [2.75, 3.05) is 5.32 Å². The molecule has 0 aliphatic heterocycles. The quantitative estimate of drug-likeness (QED) is 0.685. The first kappa shape index (κ1) is 16.3. The maximum atomic E-state index is 12.3. The van der Waals surface area contributed by atoms with Crippen molar-refractivity contribution >= 4 is 17.3 Å². The van der Waals surface area contributed by atoms with Crippen molar-refractivity contribution in [3.8, 4) is 5.75 Å². The zero-order valence-electron chi connectivity index (χ0n) is 11.3. The Morgan fingerprint density at radius 1 is 1.09 bits per heavy atom. The lowest BCUT2D eigenvalue weighted by molar-refractivity contribution is -0.385. The van der Waals surface area contributed by atoms with Crippen LogP contribution in [0.5, 0.6) is 5.75 Å². The number of nitrogens with one attached hydrogen (secondary N) is 1. The van der Waals surface area contributed by atoms with E-state index in [1.54, 1.807) is 0 Å². The summed E-state index contributed by atoms with van der Waals surface area (Å²) in [5.41, 5.74) is -0.994. The number of ether oxygens (including phenoxy) is 1. The van der Waals surface area contributed by atoms with Gasteiger partial charge in [0, 0.05) is 6.07 Å². The van der Waals surface area contributed by atoms with Crippen molar-refractivity contribution in [1.82, 2.24) is 0 Å². The number of halogens is 3. The molecule has 1 N–H and O–H groups in total. The average Bonchev–Trinajstić information content (AvgIpc) is 2.47. The molecule has 9 heteroatoms. The highest BCUT2D eigenvalue weighted by molar-refractivity contribution is 6.07. The second kappa shape index (κ2) is 6.34. The number of amides is 1. The maximum Gasteiger partial charge on any atom is 0.573 e. The number of rotatable bonds is 4. The van der Waals surface area contributed by atoms with E-state index < -0.39 is 28.6 Å². The van der Waals surface area contributed by atoms with E-state index in [4.69, 9.17) is 0 Å². The van der Waals surface area contributed by atoms with Gasteiger partial charge in [-0.3, -0.25) is 14.9 Å². The zero-order valence-corrected chi connectivity index (χ0v) is 11.3. The van der Waals surface area contributed by atoms with Crippen LogP contribution >= 0.6 is 0 Å². The summed E-state index contributed by atoms with van der Waals surface area (Å²) in [6.45, 7) is 0. The summed E-state index contributed by atoms with van der Waals surface area (Å²) in [5, 5.41) is 13.1. The molecule has 0 aliphatic rings. The first-order chi connectivity index (χ1) is 10.8. The Bertz CT molecular complexity index is 747. The van der Waals surface area contributed by atoms with E-state index in [0.717, 1.165) is 12.1 Å². The number of carbonyl (C=O) groups excluding carboxylic acids is 1. The molecule has 0 bridgehead atoms. The van der Waals surface area contributed by atoms with E-state index in [9.17, 15) is 28.1 Å². The largest absolute Gasteiger partial charge is 0.573 e. The summed E-state index contributed by atoms with van der Waals surface area (Å²) in [6, 6.07) is 9.97. The van der Waals surface area contributed by atoms with Gasteiger partial charge in [-0.1, -0.05) is 24.3 Å². The predicted octanol–water partition coefficient (Wildman–Crippen LogP) is 3.75. The van der Waals surface area contributed by atoms with Crippen molar-refractivity contribution < 1.29 is 27.6 Å². The first-order valence-electron chi connectivity index (χ1n) is 6.17. The number of anilines is 1. The minimum absolute atomic E-state index is 0.257. The van der Waals surface area contributed by atoms with Crippen molar-refractivity contribution in [2.45, 2.75) is 6.36 Å². The number of para-hydroxylation sites is 3. The van der Waals surface area contributed by atoms with E-state index in [0.29, 0.717) is 0 Å². The molecule has 0 spiro atoms. The predicted molar refractivity (Wildman–Crippen MR) is 74.2 cm³/mol. The first-order valence-corrected chi connectivity index (χ1v) is 6.17. The smallest absolute Gasteiger partial charge is 0.404 e. The lowest BCUT2D eigenvalue weighted by atomic mass is 10.1. The molecule has 2 aromatic rings. The van der Waals surface area contributed by atoms with E-state index in [1.807, 2.05) is 0 Å². The summed E-state index contributed by atoms with van der Waals surface area (Å²) in [7, 11) is 0. The number of nitrogens with zero attached hydrogens (tertiary/aromatic N) is 1. The molecule has 0 unspecified atom stereocenters. The zero-order chi connectivity index (χ0) is 17.0. The molecule has 120 valence electrons. The Morgan fingerprint density at radius 2 is 1.70 bits per heavy atom. The lowest BCUT2D eigenvalue weighted by Crippen LogP contribution is -2.20. The fourth-order valence-electron chi connectivity index (χ4n) is 1.80. The Morgan fingerprint density at radius 3 is 2.35 bits per heavy atom. The van der Waals surface area contributed by atoms with Crippen molar-refractivity contribution in [2.24, 2.45) is 0 Å². The highest BCUT2D eigenvalue weighted by Gasteiger charge is 2.32. The third-order valence-electron chi connectivity index (χ3n) is 2.71. The SMILES string of the molecule is O=C(Nc1ccccc1OC(F)(F)F)c1ccccc1[N+](=O)[O-]. The molecule has 0 fully saturated rings. The van der Waals surface area contributed by atoms with Crippen LogP contribution in [-0.4, -0.2) is 17.2 Å². The topological polar surface area (TPSA) is 81.5 Å². The Balaban J connectivity index is 2.30. The number of nitro benzene ring substituents is 1. The minimum atomic E-state index is -4.93. The van der Waals surface area contributed by atoms with Crippen LogP contribution in [0, 0.1) is 10.1 Å². The standard InChI is InChI=1S/C14H9F3N2O4/c15-14(16,17)23-12-8-4-2-6-10(12)18-13(20)9-5-1-3-7-11(9)19(21)22/h1-8H,(H,18,20). The van der Waals surface area contributed by atoms with Gasteiger partial charge < -0.3 is 10.1 Å². The molecular weight excluding hydrogens is 317 g/mol. The van der Waals surface area contributed by atoms with Crippen LogP contribution < -0.4 is 10.1 Å². The fraction of sp³-hybridized carbons (Fsp3) is 0.0714. The van der Waals surface area contributed by atoms with Gasteiger partial charge in [0.15, 0.2) is 5.75 Å². The van der Waals surface area contributed by atoms with Gasteiger partial charge in [0.05, 0.1) is 10.6 Å². The summed E-state index contributed by atoms with van der Waals surface area (Å²) in [4.78, 5) is 22.2. The van der Waals surface area contributed by atoms with Crippen LogP contribution in [0.2, 0.25) is 0 Å². The normalized spacial score (nSPS) is 10.9. The van der Waals surface area contributed by atoms with E-state index in [1.165, 1.54) is 36.4 Å². The maximum absolute atomic E-state index is 12.3. The molecule has 0 heterocycles. The molecule has 0 atom stereocenters. The second-order valence-corrected chi connectivity index (χ2v) is 4.27. The van der Waals surface area contributed by atoms with Gasteiger partial charge in [-0.15, -0.1) is 13.2 Å². The molecule has 0 saturated carbocycles. The second-order valence-electron chi connectivity index (χ2n) is 4.27. The van der Waals surface area contributed by atoms with Gasteiger partial charge in [0.25, 0.3) is 11.6 Å². The molecule has 1 amide bonds. The van der Waals surface area contributed by atoms with Gasteiger partial charge in [-0.2, -0.15) is 0 Å². The van der Waals surface area contributed by atoms with Gasteiger partial charge in [-0.05, 0) is 18.2 Å². The number of nitro groups is 1. The number of benzene rings is 2. The Kier molecular flexibility index (Phi) is 4.49. The number of carbonyl (C=O) groups is 1. The number of hydrogen-bond donors (Lipinski definition) is 1. The van der Waals surface area contributed by atoms with Crippen LogP contribution in [0.15, 0.2) is 48.5 Å². The summed E-state index contributed by atoms with van der Waals surface area (Å²) in [6.07, 6.45) is -4.93. The molecule has 0 aliphatic carbocycles. The van der Waals surface area contributed by atoms with Gasteiger partial charge >= 0.3 is 6.36 Å². The van der Waals surface area contributed by atoms with Crippen molar-refractivity contribution in [3.63, 3.8) is 0 Å². The van der Waals surface area contributed by atoms with Gasteiger partial charge in [0.1, 0.15) is 5.56 Å². The highest BCUT2D eigenvalue weighted by atomic mass is 19.4. The highest BCUT2D eigenvalue weighted by Crippen LogP contribution is 2.30. The molecule has 0 aromatic heterocycles. The van der Waals surface area contributed by atoms with Crippen LogP contribution in [0.4, 0.5) is 24.5 Å². The summed E-state index contributed by atoms with van der Waals surface area (Å²) >= 11 is 0. The molecule has 2 rings (SSSR count). The molecule has 0 saturated heterocycles. The Labute approximate surface area is 127 Å². The molecule has 2 aromatic carbocycles. The fourth-order valence-corrected chi connectivity index (χ4v) is 1.80. The van der Waals surface area contributed by atoms with Gasteiger partial charge in [0.2, 0.25) is 0 Å². The molecular formula is C14H9F3N2O4. The van der Waals surface area contributed by atoms with Crippen LogP contribution in [-0.2, 0) is 0 Å². The number of alkyl halides is 3. The third kappa shape index (κ3) is 4.19. The van der Waals surface area contributed by atoms with Crippen LogP contribution in [0.1, 0.15) is 10.4 Å². The summed E-state index contributed by atoms with van der Waals surface area (Å²) in [5.74, 6) is -1.54. The van der Waals surface area contributed by atoms with Crippen LogP contribution in [0.25, 0.3) is 0 Å². The number of hydrogen-bond acceptors (Lipinski definition) is 4. The van der Waals surface area contributed by atoms with Crippen molar-refractivity contribution in [3.05, 3.63) is 64.2 Å². The van der Waals surface area contributed by atoms with Crippen LogP contribution in [0.3, 0.4) is 0 Å². The summed E-state index contributed by atoms with van der Waals surface area (Å²) < 4.78 is 40.8. The van der Waals surface area contributed by atoms with E-state index in [2.05, 4.69) is 10.1 Å². The third-order valence-corrected chi connectivity index (χ3v) is 2.71. The molecule has 23 heavy (non-hydrogen) atoms. The van der Waals surface area contributed by atoms with Crippen molar-refractivity contribution in [1.29, 1.82) is 0 Å². The van der Waals surface area contributed by atoms with E-state index >= 15 is 0 Å². The van der Waals surface area contributed by atoms with Gasteiger partial charge in [-0.25, -0.2) is 0 Å². The Hall–Kier alpha value is -3.10. The van der Waals surface area contributed by atoms with E-state index in [-0.39, 0.29) is 11.3 Å². The molecule has 0 radical (unpaired) electrons. The average molecular weight is 326 g/mol. The lowest BCUT2D eigenvalue weighted by Gasteiger charge is -2.13. The minimum Gasteiger partial charge on any atom is -0.404 e. The monoisotopic (exact) mass is 326 g/mol.